The number of halogens is 1. The van der Waals surface area contributed by atoms with E-state index in [0.29, 0.717) is 29.2 Å². The van der Waals surface area contributed by atoms with Crippen molar-refractivity contribution in [2.45, 2.75) is 59.6 Å². The third kappa shape index (κ3) is 10.8. The second kappa shape index (κ2) is 17.2. The van der Waals surface area contributed by atoms with Gasteiger partial charge in [0.05, 0.1) is 12.3 Å². The number of hydrogen-bond acceptors (Lipinski definition) is 4. The molecule has 4 rings (SSSR count). The zero-order valence-corrected chi connectivity index (χ0v) is 28.4. The Morgan fingerprint density at radius 1 is 1.00 bits per heavy atom. The third-order valence-corrected chi connectivity index (χ3v) is 7.52. The fourth-order valence-corrected chi connectivity index (χ4v) is 4.79. The molecule has 0 N–H and O–H groups in total. The van der Waals surface area contributed by atoms with Crippen molar-refractivity contribution < 1.29 is 13.9 Å². The molecule has 1 aliphatic heterocycles. The average Bonchev–Trinajstić information content (AvgIpc) is 2.98. The summed E-state index contributed by atoms with van der Waals surface area (Å²) in [6, 6.07) is 19.0. The van der Waals surface area contributed by atoms with Gasteiger partial charge < -0.3 is 14.4 Å². The van der Waals surface area contributed by atoms with E-state index in [1.54, 1.807) is 24.3 Å². The van der Waals surface area contributed by atoms with Crippen molar-refractivity contribution in [2.75, 3.05) is 31.1 Å². The molecule has 0 amide bonds. The second-order valence-electron chi connectivity index (χ2n) is 11.1. The number of allylic oxidation sites excluding steroid dienone is 2. The van der Waals surface area contributed by atoms with Gasteiger partial charge in [-0.1, -0.05) is 55.0 Å². The van der Waals surface area contributed by atoms with Crippen LogP contribution in [0.4, 0.5) is 10.1 Å². The van der Waals surface area contributed by atoms with Gasteiger partial charge in [0.25, 0.3) is 0 Å². The number of carbonyl (C=O) groups excluding carboxylic acids is 1. The molecule has 0 saturated carbocycles. The summed E-state index contributed by atoms with van der Waals surface area (Å²) >= 11 is 0. The predicted octanol–water partition coefficient (Wildman–Crippen LogP) is 8.37. The van der Waals surface area contributed by atoms with Crippen LogP contribution in [-0.2, 0) is 17.9 Å². The monoisotopic (exact) mass is 820 g/mol. The minimum Gasteiger partial charge on any atom is -0.559 e. The molecule has 0 atom stereocenters. The Balaban J connectivity index is 0.000000507. The number of hydrogen-bond donors (Lipinski definition) is 0. The normalized spacial score (nSPS) is 12.9. The molecule has 6 heteroatoms. The molecule has 0 bridgehead atoms. The molecule has 1 radical (unpaired) electrons. The summed E-state index contributed by atoms with van der Waals surface area (Å²) in [5, 5.41) is 0. The Morgan fingerprint density at radius 3 is 2.28 bits per heavy atom. The SMILES string of the molecule is C=C(C)CCCC(=C)CC.[CH2-]c1c([C-]=O)cccc1OCc1ccc(CN2CCN(c3ccc(C)cc3F)CC2)cc1.[Es]. The van der Waals surface area contributed by atoms with Crippen LogP contribution in [0.15, 0.2) is 85.0 Å². The largest absolute Gasteiger partial charge is 0.559 e. The molecule has 0 spiro atoms. The number of piperazine rings is 1. The van der Waals surface area contributed by atoms with Crippen LogP contribution in [0.5, 0.6) is 5.75 Å². The Morgan fingerprint density at radius 2 is 1.67 bits per heavy atom. The number of rotatable bonds is 12. The van der Waals surface area contributed by atoms with E-state index in [4.69, 9.17) is 4.74 Å². The zero-order valence-electron chi connectivity index (χ0n) is 25.9. The van der Waals surface area contributed by atoms with E-state index >= 15 is 0 Å². The Labute approximate surface area is 252 Å². The third-order valence-electron chi connectivity index (χ3n) is 7.52. The molecule has 1 heterocycles. The van der Waals surface area contributed by atoms with E-state index in [1.807, 2.05) is 25.3 Å². The Hall–Kier alpha value is -4.83. The smallest absolute Gasteiger partial charge is 0.146 e. The van der Waals surface area contributed by atoms with Crippen LogP contribution in [0.2, 0.25) is 0 Å². The molecule has 1 fully saturated rings. The average molecular weight is 821 g/mol. The Kier molecular flexibility index (Phi) is 13.7. The van der Waals surface area contributed by atoms with E-state index in [9.17, 15) is 9.18 Å². The quantitative estimate of drug-likeness (QED) is 0.136. The van der Waals surface area contributed by atoms with Crippen LogP contribution >= 0.6 is 0 Å². The van der Waals surface area contributed by atoms with Crippen LogP contribution in [0.3, 0.4) is 0 Å². The van der Waals surface area contributed by atoms with Gasteiger partial charge in [0.1, 0.15) is 5.82 Å². The fourth-order valence-electron chi connectivity index (χ4n) is 4.79. The summed E-state index contributed by atoms with van der Waals surface area (Å²) < 4.78 is 20.1. The first kappa shape index (κ1) is 34.4. The molecule has 3 aromatic carbocycles. The minimum absolute atomic E-state index is 0. The van der Waals surface area contributed by atoms with E-state index in [2.05, 4.69) is 68.0 Å². The molecule has 0 aliphatic carbocycles. The van der Waals surface area contributed by atoms with Crippen LogP contribution in [0.1, 0.15) is 67.3 Å². The van der Waals surface area contributed by atoms with Crippen molar-refractivity contribution >= 4 is 12.0 Å². The van der Waals surface area contributed by atoms with Gasteiger partial charge >= 0.3 is 0 Å². The van der Waals surface area contributed by atoms with Crippen LogP contribution in [0, 0.1) is 19.7 Å². The van der Waals surface area contributed by atoms with Crippen LogP contribution in [-0.4, -0.2) is 37.4 Å². The maximum absolute atomic E-state index is 14.3. The standard InChI is InChI=1S/C27H27FN2O2.C10H18.Es/c1-20-6-11-26(25(28)16-20)30-14-12-29(13-15-30)17-22-7-9-23(10-8-22)19-32-27-5-3-4-24(18-31)21(27)2;1-5-10(4)8-6-7-9(2)3;/h3-11,16H,2,12-15,17,19H2,1H3;2,4-8H2,1,3H3;/q-2;;. The molecule has 235 valence electrons. The number of nitrogens with zero attached hydrogens (tertiary/aromatic N) is 2. The summed E-state index contributed by atoms with van der Waals surface area (Å²) in [5.74, 6) is 0.455. The molecular weight excluding hydrogens is 775 g/mol. The first-order valence-corrected chi connectivity index (χ1v) is 14.8. The molecular formula is C37H45EsFN2O2-2. The predicted molar refractivity (Wildman–Crippen MR) is 173 cm³/mol. The molecule has 1 saturated heterocycles. The maximum atomic E-state index is 14.3. The van der Waals surface area contributed by atoms with Crippen molar-refractivity contribution in [3.63, 3.8) is 0 Å². The summed E-state index contributed by atoms with van der Waals surface area (Å²) in [5.41, 5.74) is 7.55. The summed E-state index contributed by atoms with van der Waals surface area (Å²) in [6.45, 7) is 22.5. The van der Waals surface area contributed by atoms with E-state index < -0.39 is 0 Å². The maximum Gasteiger partial charge on any atom is 0.146 e. The summed E-state index contributed by atoms with van der Waals surface area (Å²) in [6.07, 6.45) is 6.55. The molecule has 1 aliphatic rings. The van der Waals surface area contributed by atoms with Gasteiger partial charge in [-0.15, -0.1) is 18.7 Å². The summed E-state index contributed by atoms with van der Waals surface area (Å²) in [7, 11) is 0. The van der Waals surface area contributed by atoms with Crippen LogP contribution < -0.4 is 9.64 Å². The number of benzene rings is 3. The zero-order chi connectivity index (χ0) is 30.5. The van der Waals surface area contributed by atoms with Gasteiger partial charge in [-0.2, -0.15) is 0 Å². The van der Waals surface area contributed by atoms with Gasteiger partial charge in [-0.25, -0.2) is 10.5 Å². The van der Waals surface area contributed by atoms with Crippen molar-refractivity contribution in [3.05, 3.63) is 126 Å². The number of ether oxygens (including phenoxy) is 1. The molecule has 43 heavy (non-hydrogen) atoms. The minimum atomic E-state index is -0.141. The van der Waals surface area contributed by atoms with Gasteiger partial charge in [-0.3, -0.25) is 23.0 Å². The van der Waals surface area contributed by atoms with Gasteiger partial charge in [0, 0.05) is 32.7 Å². The Bertz CT molecular complexity index is 1330. The van der Waals surface area contributed by atoms with Crippen molar-refractivity contribution in [2.24, 2.45) is 0 Å². The number of aryl methyl sites for hydroxylation is 1. The first-order valence-electron chi connectivity index (χ1n) is 14.8. The first-order chi connectivity index (χ1) is 20.2. The molecule has 0 unspecified atom stereocenters. The topological polar surface area (TPSA) is 32.8 Å². The second-order valence-corrected chi connectivity index (χ2v) is 11.1. The van der Waals surface area contributed by atoms with Gasteiger partial charge in [0.15, 0.2) is 0 Å². The molecule has 0 aromatic heterocycles. The number of anilines is 1. The van der Waals surface area contributed by atoms with Crippen LogP contribution in [0.25, 0.3) is 0 Å². The summed E-state index contributed by atoms with van der Waals surface area (Å²) in [4.78, 5) is 15.4. The molecule has 3 aromatic rings. The van der Waals surface area contributed by atoms with Gasteiger partial charge in [0.2, 0.25) is 0 Å². The van der Waals surface area contributed by atoms with E-state index in [1.165, 1.54) is 29.6 Å². The van der Waals surface area contributed by atoms with Crippen molar-refractivity contribution in [1.29, 1.82) is 0 Å². The van der Waals surface area contributed by atoms with Crippen molar-refractivity contribution in [3.8, 4) is 5.75 Å². The fraction of sp³-hybridized carbons (Fsp3) is 0.351. The van der Waals surface area contributed by atoms with Crippen molar-refractivity contribution in [1.82, 2.24) is 4.90 Å². The van der Waals surface area contributed by atoms with Gasteiger partial charge in [-0.05, 0) is 80.4 Å². The van der Waals surface area contributed by atoms with E-state index in [-0.39, 0.29) is 5.82 Å². The molecule has 4 nitrogen and oxygen atoms in total. The van der Waals surface area contributed by atoms with E-state index in [0.717, 1.165) is 56.7 Å².